The highest BCUT2D eigenvalue weighted by atomic mass is 32.1. The molecule has 0 saturated carbocycles. The van der Waals surface area contributed by atoms with E-state index in [1.165, 1.54) is 33.3 Å². The van der Waals surface area contributed by atoms with Crippen molar-refractivity contribution in [2.75, 3.05) is 17.2 Å². The zero-order chi connectivity index (χ0) is 21.8. The van der Waals surface area contributed by atoms with Gasteiger partial charge < -0.3 is 10.1 Å². The van der Waals surface area contributed by atoms with Crippen molar-refractivity contribution in [1.29, 1.82) is 0 Å². The standard InChI is InChI=1S/C21H22FN5O2S2/c1-2-29-19(28)17-14-8-4-6-10-16(14)31-18(17)24-21(30)25-20-23-12-27(26-20)11-13-7-3-5-9-15(13)22/h3,5,7,9,12H,2,4,6,8,10-11H2,1H3,(H2,24,25,26,30). The second-order valence-corrected chi connectivity index (χ2v) is 8.59. The quantitative estimate of drug-likeness (QED) is 0.418. The summed E-state index contributed by atoms with van der Waals surface area (Å²) >= 11 is 6.95. The summed E-state index contributed by atoms with van der Waals surface area (Å²) in [4.78, 5) is 17.9. The Kier molecular flexibility index (Phi) is 6.57. The van der Waals surface area contributed by atoms with Crippen molar-refractivity contribution >= 4 is 45.6 Å². The van der Waals surface area contributed by atoms with Crippen molar-refractivity contribution in [1.82, 2.24) is 14.8 Å². The topological polar surface area (TPSA) is 81.1 Å². The van der Waals surface area contributed by atoms with Crippen LogP contribution in [0.4, 0.5) is 15.3 Å². The Labute approximate surface area is 188 Å². The SMILES string of the molecule is CCOC(=O)c1c(NC(=S)Nc2ncn(Cc3ccccc3F)n2)sc2c1CCCC2. The lowest BCUT2D eigenvalue weighted by atomic mass is 9.95. The molecular weight excluding hydrogens is 437 g/mol. The fraction of sp³-hybridized carbons (Fsp3) is 0.333. The van der Waals surface area contributed by atoms with Gasteiger partial charge in [0.05, 0.1) is 18.7 Å². The molecule has 162 valence electrons. The summed E-state index contributed by atoms with van der Waals surface area (Å²) in [5.74, 6) is -0.342. The Morgan fingerprint density at radius 1 is 1.29 bits per heavy atom. The Bertz CT molecular complexity index is 1110. The second-order valence-electron chi connectivity index (χ2n) is 7.07. The van der Waals surface area contributed by atoms with Gasteiger partial charge in [0.1, 0.15) is 17.1 Å². The summed E-state index contributed by atoms with van der Waals surface area (Å²) in [7, 11) is 0. The molecule has 31 heavy (non-hydrogen) atoms. The summed E-state index contributed by atoms with van der Waals surface area (Å²) < 4.78 is 20.6. The highest BCUT2D eigenvalue weighted by Crippen LogP contribution is 2.38. The van der Waals surface area contributed by atoms with Gasteiger partial charge in [-0.25, -0.2) is 18.9 Å². The number of carbonyl (C=O) groups is 1. The molecule has 7 nitrogen and oxygen atoms in total. The van der Waals surface area contributed by atoms with Gasteiger partial charge in [0.2, 0.25) is 5.95 Å². The first kappa shape index (κ1) is 21.4. The van der Waals surface area contributed by atoms with Crippen LogP contribution in [0.15, 0.2) is 30.6 Å². The molecule has 1 aliphatic rings. The predicted octanol–water partition coefficient (Wildman–Crippen LogP) is 4.39. The van der Waals surface area contributed by atoms with E-state index in [0.717, 1.165) is 31.2 Å². The average molecular weight is 460 g/mol. The second kappa shape index (κ2) is 9.52. The van der Waals surface area contributed by atoms with E-state index in [4.69, 9.17) is 17.0 Å². The van der Waals surface area contributed by atoms with Crippen LogP contribution in [0.1, 0.15) is 46.1 Å². The normalized spacial score (nSPS) is 12.8. The maximum atomic E-state index is 13.8. The molecule has 0 radical (unpaired) electrons. The summed E-state index contributed by atoms with van der Waals surface area (Å²) in [6.07, 6.45) is 5.49. The van der Waals surface area contributed by atoms with E-state index < -0.39 is 0 Å². The van der Waals surface area contributed by atoms with Gasteiger partial charge in [0.25, 0.3) is 0 Å². The van der Waals surface area contributed by atoms with E-state index in [9.17, 15) is 9.18 Å². The van der Waals surface area contributed by atoms with Gasteiger partial charge >= 0.3 is 5.97 Å². The largest absolute Gasteiger partial charge is 0.462 e. The van der Waals surface area contributed by atoms with Crippen LogP contribution in [-0.2, 0) is 24.1 Å². The fourth-order valence-electron chi connectivity index (χ4n) is 3.54. The number of nitrogens with one attached hydrogen (secondary N) is 2. The zero-order valence-electron chi connectivity index (χ0n) is 17.0. The lowest BCUT2D eigenvalue weighted by Gasteiger charge is -2.12. The number of halogens is 1. The zero-order valence-corrected chi connectivity index (χ0v) is 18.6. The third kappa shape index (κ3) is 4.91. The number of thiophene rings is 1. The van der Waals surface area contributed by atoms with Crippen molar-refractivity contribution < 1.29 is 13.9 Å². The highest BCUT2D eigenvalue weighted by Gasteiger charge is 2.26. The van der Waals surface area contributed by atoms with E-state index in [0.29, 0.717) is 22.7 Å². The van der Waals surface area contributed by atoms with E-state index in [-0.39, 0.29) is 29.4 Å². The van der Waals surface area contributed by atoms with Crippen LogP contribution in [0.25, 0.3) is 0 Å². The average Bonchev–Trinajstić information content (AvgIpc) is 3.33. The van der Waals surface area contributed by atoms with Crippen LogP contribution >= 0.6 is 23.6 Å². The Morgan fingerprint density at radius 2 is 2.10 bits per heavy atom. The Balaban J connectivity index is 1.46. The Hall–Kier alpha value is -2.85. The maximum Gasteiger partial charge on any atom is 0.341 e. The molecule has 2 N–H and O–H groups in total. The number of aromatic nitrogens is 3. The number of aryl methyl sites for hydroxylation is 1. The molecule has 0 bridgehead atoms. The summed E-state index contributed by atoms with van der Waals surface area (Å²) in [5, 5.41) is 11.3. The molecule has 0 spiro atoms. The third-order valence-corrected chi connectivity index (χ3v) is 6.34. The van der Waals surface area contributed by atoms with Gasteiger partial charge in [-0.05, 0) is 56.5 Å². The van der Waals surface area contributed by atoms with Crippen molar-refractivity contribution in [2.24, 2.45) is 0 Å². The number of fused-ring (bicyclic) bond motifs is 1. The number of esters is 1. The molecule has 3 aromatic rings. The van der Waals surface area contributed by atoms with Gasteiger partial charge in [-0.2, -0.15) is 0 Å². The summed E-state index contributed by atoms with van der Waals surface area (Å²) in [6.45, 7) is 2.36. The van der Waals surface area contributed by atoms with Gasteiger partial charge in [0, 0.05) is 10.4 Å². The van der Waals surface area contributed by atoms with Gasteiger partial charge in [-0.15, -0.1) is 16.4 Å². The van der Waals surface area contributed by atoms with Crippen molar-refractivity contribution in [3.63, 3.8) is 0 Å². The molecule has 2 heterocycles. The smallest absolute Gasteiger partial charge is 0.341 e. The number of hydrogen-bond donors (Lipinski definition) is 2. The minimum absolute atomic E-state index is 0.256. The first-order valence-corrected chi connectivity index (χ1v) is 11.3. The first-order valence-electron chi connectivity index (χ1n) is 10.1. The fourth-order valence-corrected chi connectivity index (χ4v) is 5.08. The van der Waals surface area contributed by atoms with Crippen LogP contribution in [0.3, 0.4) is 0 Å². The number of rotatable bonds is 6. The van der Waals surface area contributed by atoms with Gasteiger partial charge in [-0.3, -0.25) is 5.32 Å². The van der Waals surface area contributed by atoms with Crippen LogP contribution in [0, 0.1) is 5.82 Å². The van der Waals surface area contributed by atoms with E-state index >= 15 is 0 Å². The third-order valence-electron chi connectivity index (χ3n) is 4.93. The predicted molar refractivity (Wildman–Crippen MR) is 122 cm³/mol. The van der Waals surface area contributed by atoms with Gasteiger partial charge in [-0.1, -0.05) is 18.2 Å². The summed E-state index contributed by atoms with van der Waals surface area (Å²) in [5.41, 5.74) is 2.15. The first-order chi connectivity index (χ1) is 15.0. The molecule has 1 aromatic carbocycles. The molecule has 1 aliphatic carbocycles. The van der Waals surface area contributed by atoms with Crippen molar-refractivity contribution in [2.45, 2.75) is 39.2 Å². The van der Waals surface area contributed by atoms with E-state index in [1.54, 1.807) is 25.1 Å². The molecule has 2 aromatic heterocycles. The molecule has 0 aliphatic heterocycles. The molecule has 4 rings (SSSR count). The van der Waals surface area contributed by atoms with Crippen LogP contribution in [-0.4, -0.2) is 32.5 Å². The number of anilines is 2. The van der Waals surface area contributed by atoms with Crippen LogP contribution in [0.2, 0.25) is 0 Å². The lowest BCUT2D eigenvalue weighted by molar-refractivity contribution is 0.0526. The molecular formula is C21H22FN5O2S2. The molecule has 0 fully saturated rings. The Morgan fingerprint density at radius 3 is 2.90 bits per heavy atom. The number of nitrogens with zero attached hydrogens (tertiary/aromatic N) is 3. The van der Waals surface area contributed by atoms with Crippen LogP contribution in [0.5, 0.6) is 0 Å². The molecule has 0 unspecified atom stereocenters. The minimum atomic E-state index is -0.334. The van der Waals surface area contributed by atoms with Crippen molar-refractivity contribution in [3.05, 3.63) is 58.0 Å². The van der Waals surface area contributed by atoms with E-state index in [2.05, 4.69) is 20.7 Å². The molecule has 0 amide bonds. The highest BCUT2D eigenvalue weighted by molar-refractivity contribution is 7.80. The number of thiocarbonyl (C=S) groups is 1. The summed E-state index contributed by atoms with van der Waals surface area (Å²) in [6, 6.07) is 6.53. The number of carbonyl (C=O) groups excluding carboxylic acids is 1. The van der Waals surface area contributed by atoms with E-state index in [1.807, 2.05) is 0 Å². The monoisotopic (exact) mass is 459 g/mol. The van der Waals surface area contributed by atoms with Crippen LogP contribution < -0.4 is 10.6 Å². The number of hydrogen-bond acceptors (Lipinski definition) is 6. The molecule has 0 atom stereocenters. The van der Waals surface area contributed by atoms with Crippen molar-refractivity contribution in [3.8, 4) is 0 Å². The lowest BCUT2D eigenvalue weighted by Crippen LogP contribution is -2.21. The molecule has 0 saturated heterocycles. The number of benzene rings is 1. The minimum Gasteiger partial charge on any atom is -0.462 e. The number of ether oxygens (including phenoxy) is 1. The molecule has 10 heteroatoms. The van der Waals surface area contributed by atoms with Gasteiger partial charge in [0.15, 0.2) is 5.11 Å². The maximum absolute atomic E-state index is 13.8.